The third-order valence-electron chi connectivity index (χ3n) is 11.3. The molecule has 9 aromatic carbocycles. The van der Waals surface area contributed by atoms with E-state index < -0.39 is 0 Å². The summed E-state index contributed by atoms with van der Waals surface area (Å²) in [6.07, 6.45) is 0. The molecule has 0 radical (unpaired) electrons. The summed E-state index contributed by atoms with van der Waals surface area (Å²) in [5, 5.41) is 11.9. The average Bonchev–Trinajstić information content (AvgIpc) is 3.79. The van der Waals surface area contributed by atoms with Crippen LogP contribution in [0.15, 0.2) is 192 Å². The lowest BCUT2D eigenvalue weighted by atomic mass is 10.00. The van der Waals surface area contributed by atoms with Gasteiger partial charge < -0.3 is 8.98 Å². The third-order valence-corrected chi connectivity index (χ3v) is 11.3. The van der Waals surface area contributed by atoms with Gasteiger partial charge in [-0.2, -0.15) is 0 Å². The number of hydrogen-bond acceptors (Lipinski definition) is 3. The molecule has 260 valence electrons. The lowest BCUT2D eigenvalue weighted by Gasteiger charge is -2.13. The molecule has 0 aliphatic rings. The molecule has 0 atom stereocenters. The summed E-state index contributed by atoms with van der Waals surface area (Å²) < 4.78 is 9.03. The van der Waals surface area contributed by atoms with E-state index in [0.29, 0.717) is 5.82 Å². The Bertz CT molecular complexity index is 3380. The number of nitrogens with zero attached hydrogens (tertiary/aromatic N) is 3. The molecule has 4 nitrogen and oxygen atoms in total. The summed E-state index contributed by atoms with van der Waals surface area (Å²) in [5.41, 5.74) is 9.99. The predicted octanol–water partition coefficient (Wildman–Crippen LogP) is 13.9. The van der Waals surface area contributed by atoms with E-state index in [1.807, 2.05) is 36.4 Å². The molecule has 0 fully saturated rings. The van der Waals surface area contributed by atoms with Crippen molar-refractivity contribution >= 4 is 76.1 Å². The van der Waals surface area contributed by atoms with Crippen molar-refractivity contribution in [3.63, 3.8) is 0 Å². The first-order valence-electron chi connectivity index (χ1n) is 19.0. The molecule has 3 aromatic heterocycles. The van der Waals surface area contributed by atoms with Gasteiger partial charge in [-0.1, -0.05) is 121 Å². The highest BCUT2D eigenvalue weighted by Gasteiger charge is 2.19. The molecular weight excluding hydrogens is 683 g/mol. The van der Waals surface area contributed by atoms with E-state index in [4.69, 9.17) is 14.4 Å². The van der Waals surface area contributed by atoms with Crippen LogP contribution in [0.2, 0.25) is 0 Å². The second kappa shape index (κ2) is 12.0. The predicted molar refractivity (Wildman–Crippen MR) is 232 cm³/mol. The maximum atomic E-state index is 6.57. The van der Waals surface area contributed by atoms with Gasteiger partial charge in [-0.15, -0.1) is 0 Å². The third kappa shape index (κ3) is 4.73. The maximum Gasteiger partial charge on any atom is 0.160 e. The van der Waals surface area contributed by atoms with Gasteiger partial charge in [-0.05, 0) is 93.7 Å². The van der Waals surface area contributed by atoms with E-state index >= 15 is 0 Å². The van der Waals surface area contributed by atoms with Crippen molar-refractivity contribution in [1.82, 2.24) is 14.5 Å². The van der Waals surface area contributed by atoms with Crippen molar-refractivity contribution in [3.8, 4) is 39.6 Å². The number of aromatic nitrogens is 3. The molecule has 56 heavy (non-hydrogen) atoms. The van der Waals surface area contributed by atoms with Crippen LogP contribution in [0, 0.1) is 0 Å². The molecule has 0 N–H and O–H groups in total. The molecule has 0 aliphatic carbocycles. The molecule has 3 heterocycles. The molecular formula is C52H31N3O. The Morgan fingerprint density at radius 2 is 0.929 bits per heavy atom. The molecule has 0 unspecified atom stereocenters. The van der Waals surface area contributed by atoms with Gasteiger partial charge >= 0.3 is 0 Å². The number of fused-ring (bicyclic) bond motifs is 10. The van der Waals surface area contributed by atoms with Crippen LogP contribution in [0.4, 0.5) is 0 Å². The molecule has 12 aromatic rings. The summed E-state index contributed by atoms with van der Waals surface area (Å²) in [5.74, 6) is 0.695. The van der Waals surface area contributed by atoms with Crippen molar-refractivity contribution in [2.45, 2.75) is 0 Å². The zero-order chi connectivity index (χ0) is 36.7. The quantitative estimate of drug-likeness (QED) is 0.182. The number of hydrogen-bond donors (Lipinski definition) is 0. The van der Waals surface area contributed by atoms with Crippen LogP contribution in [0.5, 0.6) is 0 Å². The Morgan fingerprint density at radius 3 is 1.59 bits per heavy atom. The van der Waals surface area contributed by atoms with Crippen molar-refractivity contribution in [2.75, 3.05) is 0 Å². The standard InChI is InChI=1S/C52H31N3O/c1-3-12-32(13-4-1)44-31-45(54-52(53-44)33-14-5-2-6-15-33)38-22-24-49-43(28-38)51-40-20-11-21-46(39(40)23-25-50(51)56-49)55-47-29-36-18-9-7-16-34(36)26-41(47)42-27-35-17-8-10-19-37(35)30-48(42)55/h1-31H. The van der Waals surface area contributed by atoms with Crippen LogP contribution in [-0.4, -0.2) is 14.5 Å². The van der Waals surface area contributed by atoms with Crippen molar-refractivity contribution in [2.24, 2.45) is 0 Å². The first kappa shape index (κ1) is 30.9. The topological polar surface area (TPSA) is 43.9 Å². The summed E-state index contributed by atoms with van der Waals surface area (Å²) in [4.78, 5) is 10.2. The minimum atomic E-state index is 0.695. The van der Waals surface area contributed by atoms with Gasteiger partial charge in [0, 0.05) is 43.6 Å². The Labute approximate surface area is 321 Å². The van der Waals surface area contributed by atoms with Gasteiger partial charge in [-0.3, -0.25) is 0 Å². The Balaban J connectivity index is 1.11. The van der Waals surface area contributed by atoms with Crippen molar-refractivity contribution in [1.29, 1.82) is 0 Å². The molecule has 0 bridgehead atoms. The highest BCUT2D eigenvalue weighted by Crippen LogP contribution is 2.42. The lowest BCUT2D eigenvalue weighted by Crippen LogP contribution is -1.96. The number of rotatable bonds is 4. The summed E-state index contributed by atoms with van der Waals surface area (Å²) in [6.45, 7) is 0. The molecule has 0 saturated heterocycles. The van der Waals surface area contributed by atoms with Crippen LogP contribution in [0.1, 0.15) is 0 Å². The highest BCUT2D eigenvalue weighted by molar-refractivity contribution is 6.22. The van der Waals surface area contributed by atoms with E-state index in [1.54, 1.807) is 0 Å². The minimum absolute atomic E-state index is 0.695. The summed E-state index contributed by atoms with van der Waals surface area (Å²) in [6, 6.07) is 66.8. The van der Waals surface area contributed by atoms with Crippen molar-refractivity contribution in [3.05, 3.63) is 188 Å². The molecule has 0 amide bonds. The van der Waals surface area contributed by atoms with Crippen LogP contribution < -0.4 is 0 Å². The fourth-order valence-corrected chi connectivity index (χ4v) is 8.69. The van der Waals surface area contributed by atoms with Gasteiger partial charge in [0.15, 0.2) is 5.82 Å². The zero-order valence-corrected chi connectivity index (χ0v) is 30.1. The SMILES string of the molecule is c1ccc(-c2cc(-c3ccc4oc5ccc6c(-n7c8cc9ccccc9cc8c8cc9ccccc9cc87)cccc6c5c4c3)nc(-c3ccccc3)n2)cc1. The fraction of sp³-hybridized carbons (Fsp3) is 0. The molecule has 0 aliphatic heterocycles. The second-order valence-electron chi connectivity index (χ2n) is 14.6. The zero-order valence-electron chi connectivity index (χ0n) is 30.1. The second-order valence-corrected chi connectivity index (χ2v) is 14.6. The van der Waals surface area contributed by atoms with Gasteiger partial charge in [0.05, 0.1) is 28.1 Å². The van der Waals surface area contributed by atoms with E-state index in [1.165, 1.54) is 43.4 Å². The molecule has 12 rings (SSSR count). The molecule has 0 saturated carbocycles. The normalized spacial score (nSPS) is 11.9. The van der Waals surface area contributed by atoms with Gasteiger partial charge in [-0.25, -0.2) is 9.97 Å². The van der Waals surface area contributed by atoms with Crippen LogP contribution in [0.3, 0.4) is 0 Å². The number of benzene rings is 9. The van der Waals surface area contributed by atoms with Gasteiger partial charge in [0.2, 0.25) is 0 Å². The minimum Gasteiger partial charge on any atom is -0.456 e. The first-order chi connectivity index (χ1) is 27.7. The molecule has 4 heteroatoms. The van der Waals surface area contributed by atoms with Crippen LogP contribution in [0.25, 0.3) is 116 Å². The first-order valence-corrected chi connectivity index (χ1v) is 19.0. The van der Waals surface area contributed by atoms with E-state index in [2.05, 4.69) is 156 Å². The largest absolute Gasteiger partial charge is 0.456 e. The smallest absolute Gasteiger partial charge is 0.160 e. The Morgan fingerprint density at radius 1 is 0.357 bits per heavy atom. The lowest BCUT2D eigenvalue weighted by molar-refractivity contribution is 0.669. The average molecular weight is 714 g/mol. The fourth-order valence-electron chi connectivity index (χ4n) is 8.69. The summed E-state index contributed by atoms with van der Waals surface area (Å²) >= 11 is 0. The highest BCUT2D eigenvalue weighted by atomic mass is 16.3. The molecule has 0 spiro atoms. The van der Waals surface area contributed by atoms with Crippen LogP contribution in [-0.2, 0) is 0 Å². The Hall–Kier alpha value is -7.56. The van der Waals surface area contributed by atoms with E-state index in [9.17, 15) is 0 Å². The maximum absolute atomic E-state index is 6.57. The monoisotopic (exact) mass is 713 g/mol. The van der Waals surface area contributed by atoms with E-state index in [-0.39, 0.29) is 0 Å². The van der Waals surface area contributed by atoms with Gasteiger partial charge in [0.25, 0.3) is 0 Å². The van der Waals surface area contributed by atoms with Gasteiger partial charge in [0.1, 0.15) is 11.2 Å². The Kier molecular flexibility index (Phi) is 6.60. The van der Waals surface area contributed by atoms with Crippen LogP contribution >= 0.6 is 0 Å². The van der Waals surface area contributed by atoms with E-state index in [0.717, 1.165) is 66.5 Å². The van der Waals surface area contributed by atoms with Crippen molar-refractivity contribution < 1.29 is 4.42 Å². The number of furan rings is 1. The summed E-state index contributed by atoms with van der Waals surface area (Å²) in [7, 11) is 0.